The van der Waals surface area contributed by atoms with Crippen molar-refractivity contribution in [3.8, 4) is 5.75 Å². The summed E-state index contributed by atoms with van der Waals surface area (Å²) in [5, 5.41) is 16.4. The van der Waals surface area contributed by atoms with Gasteiger partial charge in [0.25, 0.3) is 0 Å². The third-order valence-electron chi connectivity index (χ3n) is 4.07. The average Bonchev–Trinajstić information content (AvgIpc) is 2.92. The molecule has 25 heavy (non-hydrogen) atoms. The Bertz CT molecular complexity index is 745. The van der Waals surface area contributed by atoms with Gasteiger partial charge in [-0.05, 0) is 54.8 Å². The molecule has 1 amide bonds. The summed E-state index contributed by atoms with van der Waals surface area (Å²) in [5.41, 5.74) is 0.795. The summed E-state index contributed by atoms with van der Waals surface area (Å²) in [5.74, 6) is 0.650. The molecule has 136 valence electrons. The van der Waals surface area contributed by atoms with E-state index < -0.39 is 6.09 Å². The Morgan fingerprint density at radius 1 is 1.60 bits per heavy atom. The van der Waals surface area contributed by atoms with E-state index in [1.807, 2.05) is 17.7 Å². The Labute approximate surface area is 159 Å². The second kappa shape index (κ2) is 8.17. The summed E-state index contributed by atoms with van der Waals surface area (Å²) in [7, 11) is 0. The highest BCUT2D eigenvalue weighted by molar-refractivity contribution is 14.1. The van der Waals surface area contributed by atoms with Crippen LogP contribution in [0.15, 0.2) is 12.3 Å². The lowest BCUT2D eigenvalue weighted by Crippen LogP contribution is -2.26. The zero-order chi connectivity index (χ0) is 17.8. The molecule has 9 heteroatoms. The number of fused-ring (bicyclic) bond motifs is 1. The molecule has 2 unspecified atom stereocenters. The number of rotatable bonds is 6. The molecule has 0 spiro atoms. The summed E-state index contributed by atoms with van der Waals surface area (Å²) in [6.45, 7) is 3.00. The van der Waals surface area contributed by atoms with E-state index in [0.29, 0.717) is 18.7 Å². The number of halogens is 1. The van der Waals surface area contributed by atoms with Gasteiger partial charge in [0.05, 0.1) is 17.7 Å². The van der Waals surface area contributed by atoms with Crippen LogP contribution < -0.4 is 10.1 Å². The van der Waals surface area contributed by atoms with Crippen LogP contribution >= 0.6 is 22.6 Å². The van der Waals surface area contributed by atoms with Crippen molar-refractivity contribution in [2.45, 2.75) is 44.9 Å². The van der Waals surface area contributed by atoms with Crippen LogP contribution in [0.5, 0.6) is 5.75 Å². The Kier molecular flexibility index (Phi) is 5.94. The number of aromatic nitrogens is 3. The third kappa shape index (κ3) is 4.51. The maximum absolute atomic E-state index is 10.5. The molecule has 2 aromatic heterocycles. The molecule has 1 aliphatic heterocycles. The molecule has 0 saturated carbocycles. The van der Waals surface area contributed by atoms with E-state index in [-0.39, 0.29) is 12.3 Å². The van der Waals surface area contributed by atoms with Crippen molar-refractivity contribution in [1.29, 1.82) is 0 Å². The fraction of sp³-hybridized carbons (Fsp3) is 0.562. The highest BCUT2D eigenvalue weighted by Crippen LogP contribution is 2.29. The smallest absolute Gasteiger partial charge is 0.404 e. The second-order valence-corrected chi connectivity index (χ2v) is 7.07. The molecule has 1 aliphatic rings. The Morgan fingerprint density at radius 3 is 3.16 bits per heavy atom. The van der Waals surface area contributed by atoms with Crippen molar-refractivity contribution in [2.24, 2.45) is 0 Å². The van der Waals surface area contributed by atoms with Crippen molar-refractivity contribution < 1.29 is 19.4 Å². The maximum Gasteiger partial charge on any atom is 0.404 e. The van der Waals surface area contributed by atoms with Gasteiger partial charge in [-0.15, -0.1) is 0 Å². The van der Waals surface area contributed by atoms with Gasteiger partial charge in [0.15, 0.2) is 11.9 Å². The van der Waals surface area contributed by atoms with Crippen LogP contribution in [-0.4, -0.2) is 45.2 Å². The Balaban J connectivity index is 1.72. The van der Waals surface area contributed by atoms with E-state index in [4.69, 9.17) is 14.6 Å². The number of amides is 1. The molecule has 3 rings (SSSR count). The van der Waals surface area contributed by atoms with Crippen molar-refractivity contribution >= 4 is 39.7 Å². The summed E-state index contributed by atoms with van der Waals surface area (Å²) >= 11 is 2.20. The monoisotopic (exact) mass is 460 g/mol. The molecule has 1 fully saturated rings. The lowest BCUT2D eigenvalue weighted by molar-refractivity contribution is -0.0372. The first-order valence-corrected chi connectivity index (χ1v) is 9.41. The van der Waals surface area contributed by atoms with Gasteiger partial charge in [0.2, 0.25) is 0 Å². The number of hydrogen-bond acceptors (Lipinski definition) is 5. The first-order valence-electron chi connectivity index (χ1n) is 8.33. The maximum atomic E-state index is 10.5. The van der Waals surface area contributed by atoms with Crippen LogP contribution in [-0.2, 0) is 4.74 Å². The normalized spacial score (nSPS) is 18.9. The number of nitrogens with one attached hydrogen (secondary N) is 1. The lowest BCUT2D eigenvalue weighted by Gasteiger charge is -2.23. The molecular formula is C16H21IN4O4. The van der Waals surface area contributed by atoms with Gasteiger partial charge in [-0.25, -0.2) is 14.5 Å². The fourth-order valence-corrected chi connectivity index (χ4v) is 3.45. The number of pyridine rings is 1. The second-order valence-electron chi connectivity index (χ2n) is 6.05. The minimum atomic E-state index is -1.03. The molecule has 2 atom stereocenters. The van der Waals surface area contributed by atoms with E-state index in [1.54, 1.807) is 6.20 Å². The minimum Gasteiger partial charge on any atom is -0.489 e. The summed E-state index contributed by atoms with van der Waals surface area (Å²) in [4.78, 5) is 15.0. The van der Waals surface area contributed by atoms with Gasteiger partial charge < -0.3 is 19.9 Å². The topological polar surface area (TPSA) is 98.5 Å². The average molecular weight is 460 g/mol. The molecule has 8 nitrogen and oxygen atoms in total. The van der Waals surface area contributed by atoms with Crippen LogP contribution in [0.3, 0.4) is 0 Å². The Morgan fingerprint density at radius 2 is 2.44 bits per heavy atom. The standard InChI is InChI=1S/C16H21IN4O4/c1-10(5-6-18-16(22)23)25-11-8-12-14(17)20-21(15(12)19-9-11)13-4-2-3-7-24-13/h8-10,13,18H,2-7H2,1H3,(H,22,23). The number of hydrogen-bond donors (Lipinski definition) is 2. The number of ether oxygens (including phenoxy) is 2. The first kappa shape index (κ1) is 18.2. The largest absolute Gasteiger partial charge is 0.489 e. The van der Waals surface area contributed by atoms with Crippen molar-refractivity contribution in [3.63, 3.8) is 0 Å². The summed E-state index contributed by atoms with van der Waals surface area (Å²) < 4.78 is 14.4. The van der Waals surface area contributed by atoms with Gasteiger partial charge in [-0.2, -0.15) is 5.10 Å². The number of carboxylic acid groups (broad SMARTS) is 1. The Hall–Kier alpha value is -1.62. The molecule has 1 saturated heterocycles. The van der Waals surface area contributed by atoms with E-state index in [9.17, 15) is 4.79 Å². The highest BCUT2D eigenvalue weighted by Gasteiger charge is 2.21. The van der Waals surface area contributed by atoms with Crippen LogP contribution in [0.2, 0.25) is 0 Å². The first-order chi connectivity index (χ1) is 12.0. The molecule has 0 radical (unpaired) electrons. The van der Waals surface area contributed by atoms with Crippen LogP contribution in [0.1, 0.15) is 38.8 Å². The zero-order valence-electron chi connectivity index (χ0n) is 13.9. The summed E-state index contributed by atoms with van der Waals surface area (Å²) in [6, 6.07) is 1.93. The molecule has 0 bridgehead atoms. The van der Waals surface area contributed by atoms with Gasteiger partial charge in [0.1, 0.15) is 9.45 Å². The van der Waals surface area contributed by atoms with Crippen LogP contribution in [0, 0.1) is 3.70 Å². The molecule has 2 aromatic rings. The molecular weight excluding hydrogens is 439 g/mol. The van der Waals surface area contributed by atoms with E-state index in [1.165, 1.54) is 0 Å². The predicted octanol–water partition coefficient (Wildman–Crippen LogP) is 3.16. The summed E-state index contributed by atoms with van der Waals surface area (Å²) in [6.07, 6.45) is 4.22. The molecule has 0 aliphatic carbocycles. The molecule has 3 heterocycles. The highest BCUT2D eigenvalue weighted by atomic mass is 127. The quantitative estimate of drug-likeness (QED) is 0.643. The van der Waals surface area contributed by atoms with Crippen LogP contribution in [0.25, 0.3) is 11.0 Å². The van der Waals surface area contributed by atoms with Gasteiger partial charge in [0, 0.05) is 19.6 Å². The molecule has 2 N–H and O–H groups in total. The van der Waals surface area contributed by atoms with Crippen molar-refractivity contribution in [3.05, 3.63) is 16.0 Å². The van der Waals surface area contributed by atoms with E-state index in [2.05, 4.69) is 38.0 Å². The predicted molar refractivity (Wildman–Crippen MR) is 99.8 cm³/mol. The van der Waals surface area contributed by atoms with Crippen molar-refractivity contribution in [1.82, 2.24) is 20.1 Å². The van der Waals surface area contributed by atoms with E-state index >= 15 is 0 Å². The molecule has 0 aromatic carbocycles. The van der Waals surface area contributed by atoms with Crippen molar-refractivity contribution in [2.75, 3.05) is 13.2 Å². The van der Waals surface area contributed by atoms with E-state index in [0.717, 1.165) is 40.6 Å². The minimum absolute atomic E-state index is 0.0555. The van der Waals surface area contributed by atoms with Gasteiger partial charge in [-0.3, -0.25) is 0 Å². The lowest BCUT2D eigenvalue weighted by atomic mass is 10.2. The van der Waals surface area contributed by atoms with Gasteiger partial charge in [-0.1, -0.05) is 0 Å². The van der Waals surface area contributed by atoms with Crippen LogP contribution in [0.4, 0.5) is 4.79 Å². The third-order valence-corrected chi connectivity index (χ3v) is 4.87. The number of nitrogens with zero attached hydrogens (tertiary/aromatic N) is 3. The zero-order valence-corrected chi connectivity index (χ0v) is 16.1. The number of carbonyl (C=O) groups is 1. The fourth-order valence-electron chi connectivity index (χ4n) is 2.82. The SMILES string of the molecule is CC(CCNC(=O)O)Oc1cnc2c(c1)c(I)nn2C1CCCCO1. The van der Waals surface area contributed by atoms with Gasteiger partial charge >= 0.3 is 6.09 Å².